The summed E-state index contributed by atoms with van der Waals surface area (Å²) in [6.07, 6.45) is 5.15. The maximum atomic E-state index is 12.4. The number of ether oxygens (including phenoxy) is 1. The molecule has 0 unspecified atom stereocenters. The molecule has 1 N–H and O–H groups in total. The predicted molar refractivity (Wildman–Crippen MR) is 100 cm³/mol. The lowest BCUT2D eigenvalue weighted by Crippen LogP contribution is -2.32. The van der Waals surface area contributed by atoms with Crippen LogP contribution in [0.5, 0.6) is 11.6 Å². The lowest BCUT2D eigenvalue weighted by Gasteiger charge is -2.15. The van der Waals surface area contributed by atoms with Crippen molar-refractivity contribution < 1.29 is 14.3 Å². The van der Waals surface area contributed by atoms with Crippen LogP contribution in [0.1, 0.15) is 17.7 Å². The average molecular weight is 366 g/mol. The number of likely N-dealkylation sites (tertiary alicyclic amines) is 1. The van der Waals surface area contributed by atoms with Gasteiger partial charge in [-0.05, 0) is 25.1 Å². The Labute approximate surface area is 158 Å². The summed E-state index contributed by atoms with van der Waals surface area (Å²) in [6.45, 7) is 6.69. The number of nitrogens with one attached hydrogen (secondary N) is 1. The maximum Gasteiger partial charge on any atom is 0.225 e. The van der Waals surface area contributed by atoms with Crippen molar-refractivity contribution in [2.24, 2.45) is 5.92 Å². The Morgan fingerprint density at radius 1 is 1.41 bits per heavy atom. The van der Waals surface area contributed by atoms with E-state index in [2.05, 4.69) is 21.9 Å². The first-order chi connectivity index (χ1) is 13.1. The number of carbonyl (C=O) groups is 2. The smallest absolute Gasteiger partial charge is 0.225 e. The number of hydrogen-bond acceptors (Lipinski definition) is 5. The normalized spacial score (nSPS) is 16.3. The molecule has 2 aromatic rings. The second-order valence-electron chi connectivity index (χ2n) is 6.41. The third-order valence-corrected chi connectivity index (χ3v) is 4.34. The van der Waals surface area contributed by atoms with Crippen LogP contribution in [0.2, 0.25) is 0 Å². The third kappa shape index (κ3) is 4.69. The first-order valence-corrected chi connectivity index (χ1v) is 8.77. The van der Waals surface area contributed by atoms with E-state index >= 15 is 0 Å². The summed E-state index contributed by atoms with van der Waals surface area (Å²) in [5.74, 6) is 0.474. The summed E-state index contributed by atoms with van der Waals surface area (Å²) < 4.78 is 5.79. The monoisotopic (exact) mass is 366 g/mol. The van der Waals surface area contributed by atoms with E-state index in [-0.39, 0.29) is 30.7 Å². The molecular formula is C20H22N4O3. The van der Waals surface area contributed by atoms with Gasteiger partial charge < -0.3 is 15.0 Å². The van der Waals surface area contributed by atoms with Crippen LogP contribution >= 0.6 is 0 Å². The van der Waals surface area contributed by atoms with E-state index in [9.17, 15) is 9.59 Å². The molecule has 1 aliphatic rings. The van der Waals surface area contributed by atoms with Crippen molar-refractivity contribution in [3.05, 3.63) is 60.6 Å². The number of pyridine rings is 2. The number of aromatic nitrogens is 2. The zero-order valence-electron chi connectivity index (χ0n) is 15.2. The van der Waals surface area contributed by atoms with Crippen molar-refractivity contribution in [1.29, 1.82) is 0 Å². The molecule has 0 radical (unpaired) electrons. The van der Waals surface area contributed by atoms with Crippen molar-refractivity contribution in [2.45, 2.75) is 19.9 Å². The van der Waals surface area contributed by atoms with Crippen LogP contribution in [0, 0.1) is 12.8 Å². The lowest BCUT2D eigenvalue weighted by atomic mass is 10.1. The SMILES string of the molecule is C=CCN1C[C@@H](C(=O)NCc2cccnc2Oc2ccc(C)nc2)CC1=O. The van der Waals surface area contributed by atoms with Gasteiger partial charge in [0.25, 0.3) is 0 Å². The zero-order valence-corrected chi connectivity index (χ0v) is 15.2. The molecule has 140 valence electrons. The first-order valence-electron chi connectivity index (χ1n) is 8.77. The molecule has 0 bridgehead atoms. The van der Waals surface area contributed by atoms with Crippen LogP contribution in [-0.2, 0) is 16.1 Å². The molecule has 1 saturated heterocycles. The molecule has 0 aliphatic carbocycles. The minimum Gasteiger partial charge on any atom is -0.437 e. The molecule has 3 heterocycles. The molecule has 7 heteroatoms. The highest BCUT2D eigenvalue weighted by atomic mass is 16.5. The minimum atomic E-state index is -0.347. The number of carbonyl (C=O) groups excluding carboxylic acids is 2. The standard InChI is InChI=1S/C20H22N4O3/c1-3-9-24-13-16(10-18(24)25)19(26)23-11-15-5-4-8-21-20(15)27-17-7-6-14(2)22-12-17/h3-8,12,16H,1,9-11,13H2,2H3,(H,23,26)/t16-/m0/s1. The van der Waals surface area contributed by atoms with E-state index < -0.39 is 0 Å². The third-order valence-electron chi connectivity index (χ3n) is 4.34. The fourth-order valence-corrected chi connectivity index (χ4v) is 2.88. The summed E-state index contributed by atoms with van der Waals surface area (Å²) in [5, 5.41) is 2.88. The minimum absolute atomic E-state index is 0.0210. The van der Waals surface area contributed by atoms with E-state index in [4.69, 9.17) is 4.74 Å². The number of aryl methyl sites for hydroxylation is 1. The molecule has 0 aromatic carbocycles. The second kappa shape index (κ2) is 8.44. The highest BCUT2D eigenvalue weighted by molar-refractivity contribution is 5.89. The summed E-state index contributed by atoms with van der Waals surface area (Å²) in [5.41, 5.74) is 1.64. The molecule has 2 amide bonds. The largest absolute Gasteiger partial charge is 0.437 e. The number of nitrogens with zero attached hydrogens (tertiary/aromatic N) is 3. The number of hydrogen-bond donors (Lipinski definition) is 1. The van der Waals surface area contributed by atoms with E-state index in [1.54, 1.807) is 29.4 Å². The van der Waals surface area contributed by atoms with Crippen molar-refractivity contribution in [2.75, 3.05) is 13.1 Å². The highest BCUT2D eigenvalue weighted by Crippen LogP contribution is 2.23. The van der Waals surface area contributed by atoms with Crippen LogP contribution in [-0.4, -0.2) is 39.8 Å². The number of amides is 2. The Kier molecular flexibility index (Phi) is 5.80. The first kappa shape index (κ1) is 18.6. The second-order valence-corrected chi connectivity index (χ2v) is 6.41. The van der Waals surface area contributed by atoms with Gasteiger partial charge in [-0.15, -0.1) is 6.58 Å². The molecule has 2 aromatic heterocycles. The summed E-state index contributed by atoms with van der Waals surface area (Å²) in [7, 11) is 0. The summed E-state index contributed by atoms with van der Waals surface area (Å²) in [6, 6.07) is 7.30. The summed E-state index contributed by atoms with van der Waals surface area (Å²) >= 11 is 0. The van der Waals surface area contributed by atoms with E-state index in [0.29, 0.717) is 24.7 Å². The topological polar surface area (TPSA) is 84.4 Å². The van der Waals surface area contributed by atoms with Gasteiger partial charge in [-0.3, -0.25) is 14.6 Å². The van der Waals surface area contributed by atoms with Crippen LogP contribution < -0.4 is 10.1 Å². The fourth-order valence-electron chi connectivity index (χ4n) is 2.88. The van der Waals surface area contributed by atoms with Gasteiger partial charge in [0, 0.05) is 43.5 Å². The fraction of sp³-hybridized carbons (Fsp3) is 0.300. The van der Waals surface area contributed by atoms with E-state index in [1.807, 2.05) is 25.1 Å². The van der Waals surface area contributed by atoms with Crippen LogP contribution in [0.3, 0.4) is 0 Å². The molecule has 1 fully saturated rings. The molecule has 1 aliphatic heterocycles. The van der Waals surface area contributed by atoms with Gasteiger partial charge in [0.1, 0.15) is 5.75 Å². The molecule has 0 spiro atoms. The Morgan fingerprint density at radius 3 is 3.00 bits per heavy atom. The predicted octanol–water partition coefficient (Wildman–Crippen LogP) is 2.23. The van der Waals surface area contributed by atoms with Crippen LogP contribution in [0.15, 0.2) is 49.3 Å². The summed E-state index contributed by atoms with van der Waals surface area (Å²) in [4.78, 5) is 34.4. The average Bonchev–Trinajstić information content (AvgIpc) is 3.04. The van der Waals surface area contributed by atoms with E-state index in [0.717, 1.165) is 11.3 Å². The van der Waals surface area contributed by atoms with Gasteiger partial charge in [-0.25, -0.2) is 4.98 Å². The van der Waals surface area contributed by atoms with Crippen molar-refractivity contribution in [1.82, 2.24) is 20.2 Å². The number of rotatable bonds is 7. The molecule has 3 rings (SSSR count). The molecule has 27 heavy (non-hydrogen) atoms. The van der Waals surface area contributed by atoms with Gasteiger partial charge >= 0.3 is 0 Å². The van der Waals surface area contributed by atoms with Gasteiger partial charge in [0.15, 0.2) is 0 Å². The lowest BCUT2D eigenvalue weighted by molar-refractivity contribution is -0.128. The van der Waals surface area contributed by atoms with Crippen molar-refractivity contribution >= 4 is 11.8 Å². The maximum absolute atomic E-state index is 12.4. The van der Waals surface area contributed by atoms with Gasteiger partial charge in [-0.1, -0.05) is 12.1 Å². The van der Waals surface area contributed by atoms with Crippen molar-refractivity contribution in [3.63, 3.8) is 0 Å². The van der Waals surface area contributed by atoms with Gasteiger partial charge in [0.2, 0.25) is 17.7 Å². The molecular weight excluding hydrogens is 344 g/mol. The molecule has 7 nitrogen and oxygen atoms in total. The van der Waals surface area contributed by atoms with E-state index in [1.165, 1.54) is 0 Å². The van der Waals surface area contributed by atoms with Crippen LogP contribution in [0.4, 0.5) is 0 Å². The Bertz CT molecular complexity index is 835. The molecule has 0 saturated carbocycles. The Morgan fingerprint density at radius 2 is 2.26 bits per heavy atom. The molecule has 1 atom stereocenters. The van der Waals surface area contributed by atoms with Gasteiger partial charge in [-0.2, -0.15) is 0 Å². The van der Waals surface area contributed by atoms with Gasteiger partial charge in [0.05, 0.1) is 12.1 Å². The van der Waals surface area contributed by atoms with Crippen LogP contribution in [0.25, 0.3) is 0 Å². The zero-order chi connectivity index (χ0) is 19.2. The van der Waals surface area contributed by atoms with Crippen molar-refractivity contribution in [3.8, 4) is 11.6 Å². The quantitative estimate of drug-likeness (QED) is 0.760. The Hall–Kier alpha value is -3.22. The Balaban J connectivity index is 1.61. The highest BCUT2D eigenvalue weighted by Gasteiger charge is 2.33.